The molecule has 0 aliphatic carbocycles. The maximum atomic E-state index is 12.5. The number of esters is 1. The highest BCUT2D eigenvalue weighted by molar-refractivity contribution is 7.99. The van der Waals surface area contributed by atoms with Gasteiger partial charge in [0.1, 0.15) is 0 Å². The van der Waals surface area contributed by atoms with E-state index >= 15 is 0 Å². The largest absolute Gasteiger partial charge is 0.461 e. The molecule has 0 spiro atoms. The molecule has 0 atom stereocenters. The molecule has 0 radical (unpaired) electrons. The molecular formula is C17H16N6O5S. The second-order valence-corrected chi connectivity index (χ2v) is 6.65. The fraction of sp³-hybridized carbons (Fsp3) is 0.176. The van der Waals surface area contributed by atoms with Gasteiger partial charge in [0.15, 0.2) is 27.5 Å². The summed E-state index contributed by atoms with van der Waals surface area (Å²) in [4.78, 5) is 45.5. The summed E-state index contributed by atoms with van der Waals surface area (Å²) in [5, 5.41) is 11.5. The van der Waals surface area contributed by atoms with Crippen LogP contribution in [0.1, 0.15) is 27.8 Å². The maximum Gasteiger partial charge on any atom is 0.396 e. The number of nitrogens with zero attached hydrogens (tertiary/aromatic N) is 4. The first kappa shape index (κ1) is 20.1. The molecule has 0 saturated carbocycles. The number of nitrogens with two attached hydrogens (primary N) is 1. The van der Waals surface area contributed by atoms with Crippen molar-refractivity contribution >= 4 is 35.2 Å². The number of hydrogen-bond donors (Lipinski definition) is 2. The van der Waals surface area contributed by atoms with Crippen molar-refractivity contribution in [3.8, 4) is 0 Å². The number of H-pyrrole nitrogens is 1. The van der Waals surface area contributed by atoms with Gasteiger partial charge >= 0.3 is 11.8 Å². The van der Waals surface area contributed by atoms with Gasteiger partial charge in [-0.15, -0.1) is 0 Å². The van der Waals surface area contributed by atoms with Crippen LogP contribution in [0.2, 0.25) is 0 Å². The number of anilines is 1. The molecule has 29 heavy (non-hydrogen) atoms. The number of rotatable bonds is 8. The van der Waals surface area contributed by atoms with Gasteiger partial charge in [0.25, 0.3) is 0 Å². The number of carbonyl (C=O) groups is 2. The van der Waals surface area contributed by atoms with Crippen LogP contribution in [-0.2, 0) is 11.3 Å². The van der Waals surface area contributed by atoms with E-state index in [1.165, 1.54) is 10.9 Å². The fourth-order valence-corrected chi connectivity index (χ4v) is 3.36. The van der Waals surface area contributed by atoms with Crippen molar-refractivity contribution in [2.24, 2.45) is 0 Å². The summed E-state index contributed by atoms with van der Waals surface area (Å²) in [5.41, 5.74) is 6.14. The van der Waals surface area contributed by atoms with E-state index in [-0.39, 0.29) is 40.6 Å². The van der Waals surface area contributed by atoms with E-state index in [4.69, 9.17) is 10.5 Å². The maximum absolute atomic E-state index is 12.5. The Labute approximate surface area is 168 Å². The number of Topliss-reactive ketones (excluding diaryl/α,β-unsaturated/α-hetero) is 1. The van der Waals surface area contributed by atoms with Gasteiger partial charge in [-0.25, -0.2) is 9.78 Å². The lowest BCUT2D eigenvalue weighted by molar-refractivity contribution is -0.392. The number of ketones is 1. The van der Waals surface area contributed by atoms with Gasteiger partial charge in [0, 0.05) is 5.56 Å². The summed E-state index contributed by atoms with van der Waals surface area (Å²) in [5.74, 6) is -1.47. The molecule has 0 saturated heterocycles. The van der Waals surface area contributed by atoms with Crippen molar-refractivity contribution in [2.75, 3.05) is 12.3 Å². The van der Waals surface area contributed by atoms with Gasteiger partial charge in [0.05, 0.1) is 13.2 Å². The number of nitrogens with one attached hydrogen (secondary N) is 1. The summed E-state index contributed by atoms with van der Waals surface area (Å²) in [7, 11) is 0. The van der Waals surface area contributed by atoms with E-state index in [0.717, 1.165) is 11.8 Å². The lowest BCUT2D eigenvalue weighted by atomic mass is 10.1. The molecule has 11 nitrogen and oxygen atoms in total. The Morgan fingerprint density at radius 1 is 1.34 bits per heavy atom. The zero-order valence-electron chi connectivity index (χ0n) is 15.2. The van der Waals surface area contributed by atoms with Gasteiger partial charge in [-0.1, -0.05) is 30.3 Å². The monoisotopic (exact) mass is 416 g/mol. The minimum absolute atomic E-state index is 0.0524. The fourth-order valence-electron chi connectivity index (χ4n) is 2.44. The van der Waals surface area contributed by atoms with Gasteiger partial charge in [-0.05, 0) is 28.6 Å². The molecule has 1 aromatic carbocycles. The lowest BCUT2D eigenvalue weighted by Gasteiger charge is -2.05. The molecule has 0 fully saturated rings. The Morgan fingerprint density at radius 3 is 2.72 bits per heavy atom. The Morgan fingerprint density at radius 2 is 2.07 bits per heavy atom. The van der Waals surface area contributed by atoms with Gasteiger partial charge in [0.2, 0.25) is 6.33 Å². The van der Waals surface area contributed by atoms with Gasteiger partial charge in [-0.2, -0.15) is 0 Å². The minimum atomic E-state index is -0.688. The number of nitrogen functional groups attached to an aromatic ring is 1. The zero-order chi connectivity index (χ0) is 21.0. The minimum Gasteiger partial charge on any atom is -0.461 e. The quantitative estimate of drug-likeness (QED) is 0.243. The number of hydrogen-bond acceptors (Lipinski definition) is 9. The predicted octanol–water partition coefficient (Wildman–Crippen LogP) is 2.31. The second kappa shape index (κ2) is 8.56. The van der Waals surface area contributed by atoms with Crippen LogP contribution in [-0.4, -0.2) is 42.8 Å². The van der Waals surface area contributed by atoms with Crippen LogP contribution >= 0.6 is 11.8 Å². The molecule has 3 aromatic rings. The van der Waals surface area contributed by atoms with Crippen LogP contribution in [0, 0.1) is 10.1 Å². The predicted molar refractivity (Wildman–Crippen MR) is 103 cm³/mol. The number of nitro groups is 1. The van der Waals surface area contributed by atoms with E-state index < -0.39 is 16.7 Å². The van der Waals surface area contributed by atoms with Crippen molar-refractivity contribution in [3.05, 3.63) is 58.0 Å². The summed E-state index contributed by atoms with van der Waals surface area (Å²) in [6.45, 7) is 1.64. The third-order valence-electron chi connectivity index (χ3n) is 3.74. The normalized spacial score (nSPS) is 10.7. The number of ether oxygens (including phenoxy) is 1. The first-order valence-electron chi connectivity index (χ1n) is 8.39. The SMILES string of the molecule is CCOC(=O)c1[nH]c(Sc2c([N+](=O)[O-])ncn2CC(=O)c2ccccc2)nc1N. The first-order valence-corrected chi connectivity index (χ1v) is 9.20. The van der Waals surface area contributed by atoms with Crippen molar-refractivity contribution in [3.63, 3.8) is 0 Å². The van der Waals surface area contributed by atoms with Crippen LogP contribution in [0.5, 0.6) is 0 Å². The molecule has 0 amide bonds. The number of benzene rings is 1. The molecule has 3 N–H and O–H groups in total. The molecule has 0 aliphatic rings. The average molecular weight is 416 g/mol. The topological polar surface area (TPSA) is 159 Å². The molecule has 2 aromatic heterocycles. The standard InChI is InChI=1S/C17H16N6O5S/c1-2-28-16(25)12-13(18)21-17(20-12)29-15-14(23(26)27)19-9-22(15)8-11(24)10-6-4-3-5-7-10/h3-7,9H,2,8,18H2,1H3,(H,20,21). The molecular weight excluding hydrogens is 400 g/mol. The molecule has 0 unspecified atom stereocenters. The van der Waals surface area contributed by atoms with Gasteiger partial charge in [-0.3, -0.25) is 9.36 Å². The van der Waals surface area contributed by atoms with E-state index in [1.807, 2.05) is 0 Å². The molecule has 150 valence electrons. The van der Waals surface area contributed by atoms with Crippen LogP contribution in [0.25, 0.3) is 0 Å². The average Bonchev–Trinajstić information content (AvgIpc) is 3.26. The van der Waals surface area contributed by atoms with E-state index in [0.29, 0.717) is 5.56 Å². The smallest absolute Gasteiger partial charge is 0.396 e. The number of aromatic amines is 1. The summed E-state index contributed by atoms with van der Waals surface area (Å²) in [6, 6.07) is 8.53. The Balaban J connectivity index is 1.89. The number of aromatic nitrogens is 4. The lowest BCUT2D eigenvalue weighted by Crippen LogP contribution is -2.10. The second-order valence-electron chi connectivity index (χ2n) is 5.67. The van der Waals surface area contributed by atoms with Crippen LogP contribution in [0.4, 0.5) is 11.6 Å². The van der Waals surface area contributed by atoms with E-state index in [2.05, 4.69) is 15.0 Å². The van der Waals surface area contributed by atoms with Crippen molar-refractivity contribution < 1.29 is 19.2 Å². The van der Waals surface area contributed by atoms with Gasteiger partial charge < -0.3 is 25.6 Å². The van der Waals surface area contributed by atoms with Crippen LogP contribution in [0.3, 0.4) is 0 Å². The van der Waals surface area contributed by atoms with Crippen LogP contribution < -0.4 is 5.73 Å². The molecule has 3 rings (SSSR count). The zero-order valence-corrected chi connectivity index (χ0v) is 16.0. The molecule has 0 bridgehead atoms. The summed E-state index contributed by atoms with van der Waals surface area (Å²) < 4.78 is 6.22. The third kappa shape index (κ3) is 4.43. The highest BCUT2D eigenvalue weighted by atomic mass is 32.2. The third-order valence-corrected chi connectivity index (χ3v) is 4.73. The molecule has 2 heterocycles. The van der Waals surface area contributed by atoms with Crippen molar-refractivity contribution in [2.45, 2.75) is 23.7 Å². The Bertz CT molecular complexity index is 1060. The highest BCUT2D eigenvalue weighted by Gasteiger charge is 2.26. The van der Waals surface area contributed by atoms with E-state index in [9.17, 15) is 19.7 Å². The van der Waals surface area contributed by atoms with Crippen molar-refractivity contribution in [1.82, 2.24) is 19.5 Å². The first-order chi connectivity index (χ1) is 13.9. The Hall–Kier alpha value is -3.67. The summed E-state index contributed by atoms with van der Waals surface area (Å²) >= 11 is 0.836. The molecule has 0 aliphatic heterocycles. The Kier molecular flexibility index (Phi) is 5.93. The number of imidazole rings is 2. The number of carbonyl (C=O) groups excluding carboxylic acids is 2. The van der Waals surface area contributed by atoms with E-state index in [1.54, 1.807) is 37.3 Å². The van der Waals surface area contributed by atoms with Crippen LogP contribution in [0.15, 0.2) is 46.8 Å². The van der Waals surface area contributed by atoms with Crippen molar-refractivity contribution in [1.29, 1.82) is 0 Å². The summed E-state index contributed by atoms with van der Waals surface area (Å²) in [6.07, 6.45) is 1.21. The highest BCUT2D eigenvalue weighted by Crippen LogP contribution is 2.33. The molecule has 12 heteroatoms.